The molecule has 0 spiro atoms. The van der Waals surface area contributed by atoms with E-state index in [9.17, 15) is 14.4 Å². The molecule has 8 heteroatoms. The number of unbranched alkanes of at least 4 members (excludes halogenated alkanes) is 2. The summed E-state index contributed by atoms with van der Waals surface area (Å²) in [6, 6.07) is 11.9. The maximum absolute atomic E-state index is 12.1. The summed E-state index contributed by atoms with van der Waals surface area (Å²) in [4.78, 5) is 36.1. The van der Waals surface area contributed by atoms with Crippen molar-refractivity contribution in [1.29, 1.82) is 0 Å². The van der Waals surface area contributed by atoms with Gasteiger partial charge in [-0.25, -0.2) is 0 Å². The predicted octanol–water partition coefficient (Wildman–Crippen LogP) is 4.40. The van der Waals surface area contributed by atoms with Gasteiger partial charge in [0.25, 0.3) is 5.91 Å². The normalized spacial score (nSPS) is 10.3. The maximum Gasteiger partial charge on any atom is 0.269 e. The van der Waals surface area contributed by atoms with Crippen molar-refractivity contribution in [3.63, 3.8) is 0 Å². The molecule has 0 radical (unpaired) electrons. The van der Waals surface area contributed by atoms with Crippen LogP contribution in [0, 0.1) is 6.92 Å². The molecule has 3 amide bonds. The van der Waals surface area contributed by atoms with Crippen LogP contribution in [-0.2, 0) is 9.59 Å². The summed E-state index contributed by atoms with van der Waals surface area (Å²) in [6.45, 7) is 4.56. The van der Waals surface area contributed by atoms with E-state index in [4.69, 9.17) is 16.3 Å². The van der Waals surface area contributed by atoms with E-state index < -0.39 is 11.8 Å². The number of benzene rings is 2. The molecule has 0 aromatic heterocycles. The first-order valence-corrected chi connectivity index (χ1v) is 10.7. The average Bonchev–Trinajstić information content (AvgIpc) is 2.77. The molecule has 0 unspecified atom stereocenters. The molecule has 0 bridgehead atoms. The predicted molar refractivity (Wildman–Crippen MR) is 121 cm³/mol. The smallest absolute Gasteiger partial charge is 0.269 e. The van der Waals surface area contributed by atoms with E-state index in [0.717, 1.165) is 24.8 Å². The van der Waals surface area contributed by atoms with Gasteiger partial charge in [0.05, 0.1) is 6.61 Å². The third kappa shape index (κ3) is 8.30. The Bertz CT molecular complexity index is 900. The first kappa shape index (κ1) is 24.2. The Balaban J connectivity index is 1.71. The zero-order valence-electron chi connectivity index (χ0n) is 17.8. The molecule has 3 N–H and O–H groups in total. The van der Waals surface area contributed by atoms with Gasteiger partial charge < -0.3 is 10.1 Å². The van der Waals surface area contributed by atoms with Crippen molar-refractivity contribution in [3.8, 4) is 5.75 Å². The van der Waals surface area contributed by atoms with E-state index in [1.165, 1.54) is 0 Å². The highest BCUT2D eigenvalue weighted by Gasteiger charge is 2.11. The molecule has 0 saturated heterocycles. The van der Waals surface area contributed by atoms with Gasteiger partial charge in [-0.3, -0.25) is 25.2 Å². The quantitative estimate of drug-likeness (QED) is 0.373. The molecule has 7 nitrogen and oxygen atoms in total. The highest BCUT2D eigenvalue weighted by Crippen LogP contribution is 2.23. The number of hydrazine groups is 1. The fourth-order valence-corrected chi connectivity index (χ4v) is 2.86. The number of halogens is 1. The lowest BCUT2D eigenvalue weighted by Crippen LogP contribution is -2.41. The first-order chi connectivity index (χ1) is 14.9. The summed E-state index contributed by atoms with van der Waals surface area (Å²) in [5.41, 5.74) is 6.39. The van der Waals surface area contributed by atoms with E-state index in [1.807, 2.05) is 0 Å². The minimum absolute atomic E-state index is 0.0300. The molecule has 0 atom stereocenters. The second-order valence-corrected chi connectivity index (χ2v) is 7.45. The number of hydrogen-bond donors (Lipinski definition) is 3. The number of rotatable bonds is 10. The van der Waals surface area contributed by atoms with E-state index in [1.54, 1.807) is 49.4 Å². The Morgan fingerprint density at radius 2 is 1.65 bits per heavy atom. The number of nitrogens with one attached hydrogen (secondary N) is 3. The lowest BCUT2D eigenvalue weighted by Gasteiger charge is -2.10. The van der Waals surface area contributed by atoms with Gasteiger partial charge in [0.1, 0.15) is 5.75 Å². The Morgan fingerprint density at radius 3 is 2.35 bits per heavy atom. The summed E-state index contributed by atoms with van der Waals surface area (Å²) >= 11 is 6.03. The monoisotopic (exact) mass is 445 g/mol. The molecule has 31 heavy (non-hydrogen) atoms. The number of carbonyl (C=O) groups excluding carboxylic acids is 3. The topological polar surface area (TPSA) is 96.5 Å². The van der Waals surface area contributed by atoms with Crippen LogP contribution in [0.5, 0.6) is 5.75 Å². The van der Waals surface area contributed by atoms with E-state index in [0.29, 0.717) is 28.6 Å². The molecule has 2 rings (SSSR count). The van der Waals surface area contributed by atoms with Gasteiger partial charge in [-0.05, 0) is 55.3 Å². The third-order valence-corrected chi connectivity index (χ3v) is 4.98. The minimum Gasteiger partial charge on any atom is -0.494 e. The lowest BCUT2D eigenvalue weighted by atomic mass is 10.2. The third-order valence-electron chi connectivity index (χ3n) is 4.57. The van der Waals surface area contributed by atoms with Crippen LogP contribution < -0.4 is 20.9 Å². The fraction of sp³-hybridized carbons (Fsp3) is 0.348. The number of ether oxygens (including phenoxy) is 1. The van der Waals surface area contributed by atoms with Crippen LogP contribution in [0.25, 0.3) is 0 Å². The van der Waals surface area contributed by atoms with Crippen LogP contribution in [0.4, 0.5) is 5.69 Å². The second-order valence-electron chi connectivity index (χ2n) is 7.04. The molecule has 0 aliphatic heterocycles. The zero-order chi connectivity index (χ0) is 22.6. The van der Waals surface area contributed by atoms with Crippen molar-refractivity contribution in [3.05, 3.63) is 58.6 Å². The van der Waals surface area contributed by atoms with Gasteiger partial charge >= 0.3 is 0 Å². The molecule has 0 aliphatic carbocycles. The molecule has 0 saturated carbocycles. The molecular formula is C23H28ClN3O4. The number of hydrogen-bond acceptors (Lipinski definition) is 4. The largest absolute Gasteiger partial charge is 0.494 e. The minimum atomic E-state index is -0.470. The van der Waals surface area contributed by atoms with Gasteiger partial charge in [0.2, 0.25) is 11.8 Å². The summed E-state index contributed by atoms with van der Waals surface area (Å²) in [5.74, 6) is -0.550. The van der Waals surface area contributed by atoms with Crippen molar-refractivity contribution in [1.82, 2.24) is 10.9 Å². The highest BCUT2D eigenvalue weighted by molar-refractivity contribution is 6.31. The van der Waals surface area contributed by atoms with E-state index in [2.05, 4.69) is 23.1 Å². The van der Waals surface area contributed by atoms with Crippen molar-refractivity contribution in [2.75, 3.05) is 11.9 Å². The van der Waals surface area contributed by atoms with E-state index in [-0.39, 0.29) is 18.7 Å². The van der Waals surface area contributed by atoms with Crippen LogP contribution in [0.1, 0.15) is 54.9 Å². The molecule has 0 aliphatic rings. The lowest BCUT2D eigenvalue weighted by molar-refractivity contribution is -0.124. The molecule has 0 heterocycles. The summed E-state index contributed by atoms with van der Waals surface area (Å²) in [5, 5.41) is 3.27. The second kappa shape index (κ2) is 12.6. The Labute approximate surface area is 187 Å². The number of anilines is 1. The summed E-state index contributed by atoms with van der Waals surface area (Å²) in [7, 11) is 0. The van der Waals surface area contributed by atoms with Gasteiger partial charge in [-0.1, -0.05) is 37.4 Å². The van der Waals surface area contributed by atoms with Gasteiger partial charge in [-0.15, -0.1) is 0 Å². The standard InChI is InChI=1S/C23H28ClN3O4/c1-3-4-5-15-31-18-11-9-17(10-12-18)23(30)27-26-22(29)14-13-21(28)25-20-8-6-7-19(24)16(20)2/h6-12H,3-5,13-15H2,1-2H3,(H,25,28)(H,26,29)(H,27,30). The summed E-state index contributed by atoms with van der Waals surface area (Å²) in [6.07, 6.45) is 3.12. The molecule has 2 aromatic carbocycles. The summed E-state index contributed by atoms with van der Waals surface area (Å²) < 4.78 is 5.61. The maximum atomic E-state index is 12.1. The highest BCUT2D eigenvalue weighted by atomic mass is 35.5. The van der Waals surface area contributed by atoms with Crippen LogP contribution >= 0.6 is 11.6 Å². The SMILES string of the molecule is CCCCCOc1ccc(C(=O)NNC(=O)CCC(=O)Nc2cccc(Cl)c2C)cc1. The number of carbonyl (C=O) groups is 3. The Morgan fingerprint density at radius 1 is 0.935 bits per heavy atom. The van der Waals surface area contributed by atoms with Crippen molar-refractivity contribution < 1.29 is 19.1 Å². The van der Waals surface area contributed by atoms with Crippen LogP contribution in [0.2, 0.25) is 5.02 Å². The van der Waals surface area contributed by atoms with Crippen LogP contribution in [0.15, 0.2) is 42.5 Å². The van der Waals surface area contributed by atoms with E-state index >= 15 is 0 Å². The van der Waals surface area contributed by atoms with Crippen molar-refractivity contribution in [2.45, 2.75) is 46.0 Å². The van der Waals surface area contributed by atoms with Crippen LogP contribution in [0.3, 0.4) is 0 Å². The zero-order valence-corrected chi connectivity index (χ0v) is 18.6. The van der Waals surface area contributed by atoms with Crippen LogP contribution in [-0.4, -0.2) is 24.3 Å². The number of amides is 3. The molecule has 2 aromatic rings. The first-order valence-electron chi connectivity index (χ1n) is 10.3. The molecular weight excluding hydrogens is 418 g/mol. The van der Waals surface area contributed by atoms with Gasteiger partial charge in [-0.2, -0.15) is 0 Å². The molecule has 0 fully saturated rings. The van der Waals surface area contributed by atoms with Crippen molar-refractivity contribution >= 4 is 35.0 Å². The molecule has 166 valence electrons. The average molecular weight is 446 g/mol. The van der Waals surface area contributed by atoms with Gasteiger partial charge in [0.15, 0.2) is 0 Å². The van der Waals surface area contributed by atoms with Gasteiger partial charge in [0, 0.05) is 29.1 Å². The Kier molecular flexibility index (Phi) is 9.84. The Hall–Kier alpha value is -3.06. The van der Waals surface area contributed by atoms with Crippen molar-refractivity contribution in [2.24, 2.45) is 0 Å². The fourth-order valence-electron chi connectivity index (χ4n) is 2.69.